The first-order valence-electron chi connectivity index (χ1n) is 6.58. The molecular weight excluding hydrogens is 290 g/mol. The molecule has 0 fully saturated rings. The zero-order valence-electron chi connectivity index (χ0n) is 11.6. The molecule has 1 amide bonds. The first kappa shape index (κ1) is 15.6. The van der Waals surface area contributed by atoms with Crippen LogP contribution < -0.4 is 5.32 Å². The quantitative estimate of drug-likeness (QED) is 0.862. The van der Waals surface area contributed by atoms with Crippen LogP contribution in [0.3, 0.4) is 0 Å². The summed E-state index contributed by atoms with van der Waals surface area (Å²) in [6, 6.07) is 11.6. The van der Waals surface area contributed by atoms with E-state index in [0.29, 0.717) is 0 Å². The Kier molecular flexibility index (Phi) is 5.59. The van der Waals surface area contributed by atoms with Gasteiger partial charge in [-0.05, 0) is 17.7 Å². The molecule has 0 aliphatic rings. The normalized spacial score (nSPS) is 10.6. The van der Waals surface area contributed by atoms with Gasteiger partial charge in [0.2, 0.25) is 11.9 Å². The van der Waals surface area contributed by atoms with Gasteiger partial charge in [0.05, 0.1) is 0 Å². The Balaban J connectivity index is 1.73. The van der Waals surface area contributed by atoms with Gasteiger partial charge >= 0.3 is 6.09 Å². The standard InChI is InChI=1S/C16H14F2N2O2/c17-14-9-8-13(15(18)20-14)7-4-10-19-16(21)22-11-12-5-2-1-3-6-12/h1-9H,10-11H2,(H,19,21). The third-order valence-corrected chi connectivity index (χ3v) is 2.72. The third kappa shape index (κ3) is 4.97. The molecule has 0 radical (unpaired) electrons. The lowest BCUT2D eigenvalue weighted by Gasteiger charge is -2.05. The highest BCUT2D eigenvalue weighted by Crippen LogP contribution is 2.07. The third-order valence-electron chi connectivity index (χ3n) is 2.72. The number of carbonyl (C=O) groups is 1. The van der Waals surface area contributed by atoms with Gasteiger partial charge in [-0.1, -0.05) is 42.5 Å². The number of hydrogen-bond donors (Lipinski definition) is 1. The first-order valence-corrected chi connectivity index (χ1v) is 6.58. The highest BCUT2D eigenvalue weighted by molar-refractivity contribution is 5.67. The van der Waals surface area contributed by atoms with Crippen molar-refractivity contribution in [3.05, 3.63) is 71.6 Å². The predicted octanol–water partition coefficient (Wildman–Crippen LogP) is 3.30. The van der Waals surface area contributed by atoms with Crippen LogP contribution in [0.25, 0.3) is 6.08 Å². The van der Waals surface area contributed by atoms with E-state index in [0.717, 1.165) is 11.6 Å². The summed E-state index contributed by atoms with van der Waals surface area (Å²) in [5.74, 6) is -1.78. The molecule has 1 aromatic heterocycles. The van der Waals surface area contributed by atoms with Crippen LogP contribution in [0.1, 0.15) is 11.1 Å². The van der Waals surface area contributed by atoms with Gasteiger partial charge < -0.3 is 10.1 Å². The van der Waals surface area contributed by atoms with Crippen LogP contribution in [0.15, 0.2) is 48.5 Å². The zero-order chi connectivity index (χ0) is 15.8. The number of benzene rings is 1. The SMILES string of the molecule is O=C(NCC=Cc1ccc(F)nc1F)OCc1ccccc1. The maximum absolute atomic E-state index is 13.2. The summed E-state index contributed by atoms with van der Waals surface area (Å²) in [4.78, 5) is 14.5. The van der Waals surface area contributed by atoms with Crippen LogP contribution in [0.2, 0.25) is 0 Å². The number of rotatable bonds is 5. The van der Waals surface area contributed by atoms with E-state index in [4.69, 9.17) is 4.74 Å². The highest BCUT2D eigenvalue weighted by Gasteiger charge is 2.02. The van der Waals surface area contributed by atoms with Crippen molar-refractivity contribution in [2.45, 2.75) is 6.61 Å². The summed E-state index contributed by atoms with van der Waals surface area (Å²) in [7, 11) is 0. The number of pyridine rings is 1. The van der Waals surface area contributed by atoms with Crippen LogP contribution in [0.5, 0.6) is 0 Å². The molecule has 0 unspecified atom stereocenters. The Labute approximate surface area is 126 Å². The average Bonchev–Trinajstić information content (AvgIpc) is 2.52. The number of carbonyl (C=O) groups excluding carboxylic acids is 1. The molecule has 0 atom stereocenters. The number of hydrogen-bond acceptors (Lipinski definition) is 3. The average molecular weight is 304 g/mol. The minimum Gasteiger partial charge on any atom is -0.445 e. The molecule has 4 nitrogen and oxygen atoms in total. The Morgan fingerprint density at radius 3 is 2.68 bits per heavy atom. The first-order chi connectivity index (χ1) is 10.6. The number of alkyl carbamates (subject to hydrolysis) is 1. The van der Waals surface area contributed by atoms with E-state index in [2.05, 4.69) is 10.3 Å². The van der Waals surface area contributed by atoms with E-state index >= 15 is 0 Å². The Morgan fingerprint density at radius 1 is 1.18 bits per heavy atom. The van der Waals surface area contributed by atoms with E-state index in [1.807, 2.05) is 30.3 Å². The van der Waals surface area contributed by atoms with Gasteiger partial charge in [0.1, 0.15) is 6.61 Å². The minimum absolute atomic E-state index is 0.140. The Hall–Kier alpha value is -2.76. The van der Waals surface area contributed by atoms with Crippen molar-refractivity contribution < 1.29 is 18.3 Å². The second kappa shape index (κ2) is 7.87. The van der Waals surface area contributed by atoms with Crippen molar-refractivity contribution in [3.8, 4) is 0 Å². The molecule has 1 N–H and O–H groups in total. The lowest BCUT2D eigenvalue weighted by molar-refractivity contribution is 0.141. The Morgan fingerprint density at radius 2 is 1.95 bits per heavy atom. The fraction of sp³-hybridized carbons (Fsp3) is 0.125. The van der Waals surface area contributed by atoms with Crippen molar-refractivity contribution in [1.82, 2.24) is 10.3 Å². The van der Waals surface area contributed by atoms with Crippen molar-refractivity contribution >= 4 is 12.2 Å². The van der Waals surface area contributed by atoms with Crippen LogP contribution >= 0.6 is 0 Å². The maximum Gasteiger partial charge on any atom is 0.407 e. The van der Waals surface area contributed by atoms with Crippen LogP contribution in [-0.2, 0) is 11.3 Å². The molecular formula is C16H14F2N2O2. The highest BCUT2D eigenvalue weighted by atomic mass is 19.1. The molecule has 114 valence electrons. The van der Waals surface area contributed by atoms with E-state index in [-0.39, 0.29) is 18.7 Å². The molecule has 1 aromatic carbocycles. The topological polar surface area (TPSA) is 51.2 Å². The smallest absolute Gasteiger partial charge is 0.407 e. The Bertz CT molecular complexity index is 660. The van der Waals surface area contributed by atoms with Gasteiger partial charge in [-0.25, -0.2) is 4.79 Å². The molecule has 1 heterocycles. The van der Waals surface area contributed by atoms with Crippen molar-refractivity contribution in [1.29, 1.82) is 0 Å². The van der Waals surface area contributed by atoms with Gasteiger partial charge in [-0.3, -0.25) is 0 Å². The molecule has 2 rings (SSSR count). The molecule has 0 spiro atoms. The number of ether oxygens (including phenoxy) is 1. The molecule has 0 bridgehead atoms. The number of nitrogens with one attached hydrogen (secondary N) is 1. The summed E-state index contributed by atoms with van der Waals surface area (Å²) >= 11 is 0. The van der Waals surface area contributed by atoms with Gasteiger partial charge in [-0.2, -0.15) is 13.8 Å². The molecule has 6 heteroatoms. The second-order valence-corrected chi connectivity index (χ2v) is 4.36. The molecule has 2 aromatic rings. The predicted molar refractivity (Wildman–Crippen MR) is 77.8 cm³/mol. The fourth-order valence-corrected chi connectivity index (χ4v) is 1.65. The number of nitrogens with zero attached hydrogens (tertiary/aromatic N) is 1. The molecule has 0 saturated heterocycles. The van der Waals surface area contributed by atoms with Gasteiger partial charge in [-0.15, -0.1) is 0 Å². The summed E-state index contributed by atoms with van der Waals surface area (Å²) in [6.45, 7) is 0.331. The molecule has 0 aliphatic carbocycles. The van der Waals surface area contributed by atoms with Crippen LogP contribution in [-0.4, -0.2) is 17.6 Å². The lowest BCUT2D eigenvalue weighted by Crippen LogP contribution is -2.24. The van der Waals surface area contributed by atoms with Crippen molar-refractivity contribution in [2.24, 2.45) is 0 Å². The number of amides is 1. The summed E-state index contributed by atoms with van der Waals surface area (Å²) in [5, 5.41) is 2.49. The zero-order valence-corrected chi connectivity index (χ0v) is 11.6. The molecule has 22 heavy (non-hydrogen) atoms. The van der Waals surface area contributed by atoms with Gasteiger partial charge in [0, 0.05) is 12.1 Å². The van der Waals surface area contributed by atoms with E-state index in [1.54, 1.807) is 0 Å². The summed E-state index contributed by atoms with van der Waals surface area (Å²) in [6.07, 6.45) is 2.34. The number of aromatic nitrogens is 1. The fourth-order valence-electron chi connectivity index (χ4n) is 1.65. The van der Waals surface area contributed by atoms with E-state index < -0.39 is 18.0 Å². The lowest BCUT2D eigenvalue weighted by atomic mass is 10.2. The minimum atomic E-state index is -0.900. The monoisotopic (exact) mass is 304 g/mol. The van der Waals surface area contributed by atoms with Crippen molar-refractivity contribution in [3.63, 3.8) is 0 Å². The van der Waals surface area contributed by atoms with Crippen molar-refractivity contribution in [2.75, 3.05) is 6.54 Å². The van der Waals surface area contributed by atoms with Crippen LogP contribution in [0.4, 0.5) is 13.6 Å². The molecule has 0 saturated carbocycles. The number of halogens is 2. The summed E-state index contributed by atoms with van der Waals surface area (Å²) < 4.78 is 30.8. The van der Waals surface area contributed by atoms with E-state index in [9.17, 15) is 13.6 Å². The molecule has 0 aliphatic heterocycles. The summed E-state index contributed by atoms with van der Waals surface area (Å²) in [5.41, 5.74) is 1.02. The van der Waals surface area contributed by atoms with Gasteiger partial charge in [0.15, 0.2) is 0 Å². The maximum atomic E-state index is 13.2. The van der Waals surface area contributed by atoms with Crippen LogP contribution in [0, 0.1) is 11.9 Å². The van der Waals surface area contributed by atoms with E-state index in [1.165, 1.54) is 18.2 Å². The largest absolute Gasteiger partial charge is 0.445 e. The second-order valence-electron chi connectivity index (χ2n) is 4.36. The van der Waals surface area contributed by atoms with Gasteiger partial charge in [0.25, 0.3) is 0 Å².